The second-order valence-electron chi connectivity index (χ2n) is 17.7. The summed E-state index contributed by atoms with van der Waals surface area (Å²) in [5.74, 6) is -2.35. The van der Waals surface area contributed by atoms with E-state index in [-0.39, 0.29) is 29.9 Å². The molecule has 0 aliphatic carbocycles. The molecule has 15 heteroatoms. The lowest BCUT2D eigenvalue weighted by atomic mass is 9.72. The number of likely N-dealkylation sites (tertiary alicyclic amines) is 2. The molecule has 330 valence electrons. The molecule has 0 N–H and O–H groups in total. The predicted molar refractivity (Wildman–Crippen MR) is 222 cm³/mol. The molecule has 4 aliphatic heterocycles. The highest BCUT2D eigenvalue weighted by atomic mass is 16.7. The van der Waals surface area contributed by atoms with Gasteiger partial charge < -0.3 is 43.0 Å². The first-order valence-corrected chi connectivity index (χ1v) is 20.9. The molecule has 60 heavy (non-hydrogen) atoms. The van der Waals surface area contributed by atoms with E-state index < -0.39 is 60.2 Å². The number of piperidine rings is 1. The first-order chi connectivity index (χ1) is 28.2. The summed E-state index contributed by atoms with van der Waals surface area (Å²) in [4.78, 5) is 70.2. The molecule has 1 aromatic carbocycles. The number of ether oxygens (including phenoxy) is 7. The third kappa shape index (κ3) is 12.4. The van der Waals surface area contributed by atoms with Crippen molar-refractivity contribution in [1.82, 2.24) is 9.80 Å². The van der Waals surface area contributed by atoms with Crippen molar-refractivity contribution in [3.8, 4) is 0 Å². The summed E-state index contributed by atoms with van der Waals surface area (Å²) in [5, 5.41) is 0. The van der Waals surface area contributed by atoms with Gasteiger partial charge in [0.25, 0.3) is 0 Å². The Morgan fingerprint density at radius 2 is 1.55 bits per heavy atom. The second kappa shape index (κ2) is 19.7. The van der Waals surface area contributed by atoms with Gasteiger partial charge in [0.1, 0.15) is 18.3 Å². The molecule has 1 amide bonds. The Labute approximate surface area is 353 Å². The molecule has 4 aliphatic rings. The van der Waals surface area contributed by atoms with Gasteiger partial charge in [-0.05, 0) is 88.2 Å². The first-order valence-electron chi connectivity index (χ1n) is 20.9. The minimum absolute atomic E-state index is 0.133. The number of esters is 4. The first kappa shape index (κ1) is 46.3. The van der Waals surface area contributed by atoms with Crippen molar-refractivity contribution in [3.63, 3.8) is 0 Å². The van der Waals surface area contributed by atoms with Crippen LogP contribution in [0.15, 0.2) is 40.4 Å². The second-order valence-corrected chi connectivity index (χ2v) is 17.7. The SMILES string of the molecule is CC(=O)OC[C@H]1O[C@@H](OC2=NCC(C(C)C)=C2Cc2ccc(/C=C/CCN3CCC4(CC3)CN(C(=O)OC(C)(C)C)C4)cc2C)[C@H](OC(C)=O)[C@@H](OC(C)=O)[C@@H]1OC(C)=O. The molecule has 4 heterocycles. The van der Waals surface area contributed by atoms with Gasteiger partial charge in [-0.1, -0.05) is 44.2 Å². The highest BCUT2D eigenvalue weighted by Gasteiger charge is 2.54. The van der Waals surface area contributed by atoms with Crippen LogP contribution in [0.5, 0.6) is 0 Å². The molecule has 3 saturated heterocycles. The molecule has 0 aromatic heterocycles. The van der Waals surface area contributed by atoms with Gasteiger partial charge in [0, 0.05) is 64.7 Å². The minimum atomic E-state index is -1.38. The molecule has 0 unspecified atom stereocenters. The minimum Gasteiger partial charge on any atom is -0.463 e. The third-order valence-corrected chi connectivity index (χ3v) is 11.2. The maximum atomic E-state index is 12.4. The number of aliphatic imine (C=N–C) groups is 1. The largest absolute Gasteiger partial charge is 0.463 e. The van der Waals surface area contributed by atoms with Crippen LogP contribution in [0, 0.1) is 18.3 Å². The lowest BCUT2D eigenvalue weighted by Crippen LogP contribution is -2.63. The van der Waals surface area contributed by atoms with Crippen LogP contribution in [0.25, 0.3) is 6.08 Å². The molecule has 3 fully saturated rings. The summed E-state index contributed by atoms with van der Waals surface area (Å²) in [5.41, 5.74) is 4.93. The zero-order valence-electron chi connectivity index (χ0n) is 36.9. The summed E-state index contributed by atoms with van der Waals surface area (Å²) in [7, 11) is 0. The topological polar surface area (TPSA) is 169 Å². The summed E-state index contributed by atoms with van der Waals surface area (Å²) >= 11 is 0. The van der Waals surface area contributed by atoms with E-state index in [2.05, 4.69) is 56.0 Å². The van der Waals surface area contributed by atoms with E-state index in [4.69, 9.17) is 38.2 Å². The van der Waals surface area contributed by atoms with E-state index >= 15 is 0 Å². The number of carbonyl (C=O) groups excluding carboxylic acids is 5. The van der Waals surface area contributed by atoms with Gasteiger partial charge in [0.15, 0.2) is 12.2 Å². The van der Waals surface area contributed by atoms with E-state index in [0.29, 0.717) is 13.0 Å². The van der Waals surface area contributed by atoms with Crippen LogP contribution < -0.4 is 0 Å². The number of hydrogen-bond acceptors (Lipinski definition) is 14. The van der Waals surface area contributed by atoms with Crippen LogP contribution in [0.1, 0.15) is 98.3 Å². The van der Waals surface area contributed by atoms with E-state index in [1.165, 1.54) is 27.7 Å². The van der Waals surface area contributed by atoms with Gasteiger partial charge in [-0.15, -0.1) is 0 Å². The molecular weight excluding hydrogens is 775 g/mol. The van der Waals surface area contributed by atoms with Crippen molar-refractivity contribution in [2.24, 2.45) is 16.3 Å². The Kier molecular flexibility index (Phi) is 15.2. The van der Waals surface area contributed by atoms with Crippen molar-refractivity contribution in [2.75, 3.05) is 45.9 Å². The van der Waals surface area contributed by atoms with Crippen LogP contribution in [-0.4, -0.2) is 128 Å². The molecule has 1 spiro atoms. The van der Waals surface area contributed by atoms with Crippen molar-refractivity contribution in [2.45, 2.75) is 131 Å². The van der Waals surface area contributed by atoms with Crippen LogP contribution in [-0.2, 0) is 58.8 Å². The number of hydrogen-bond donors (Lipinski definition) is 0. The van der Waals surface area contributed by atoms with Gasteiger partial charge in [-0.3, -0.25) is 19.2 Å². The van der Waals surface area contributed by atoms with Crippen LogP contribution >= 0.6 is 0 Å². The van der Waals surface area contributed by atoms with Crippen molar-refractivity contribution < 1.29 is 57.1 Å². The molecule has 0 bridgehead atoms. The summed E-state index contributed by atoms with van der Waals surface area (Å²) in [6.07, 6.45) is 1.24. The number of carbonyl (C=O) groups is 5. The van der Waals surface area contributed by atoms with Gasteiger partial charge in [-0.2, -0.15) is 0 Å². The lowest BCUT2D eigenvalue weighted by Gasteiger charge is -2.53. The van der Waals surface area contributed by atoms with Gasteiger partial charge in [0.2, 0.25) is 18.3 Å². The molecular formula is C45H63N3O12. The number of amides is 1. The molecule has 5 atom stereocenters. The Balaban J connectivity index is 1.22. The number of aryl methyl sites for hydroxylation is 1. The summed E-state index contributed by atoms with van der Waals surface area (Å²) in [6, 6.07) is 6.36. The Morgan fingerprint density at radius 3 is 2.13 bits per heavy atom. The summed E-state index contributed by atoms with van der Waals surface area (Å²) < 4.78 is 40.2. The Bertz CT molecular complexity index is 1850. The van der Waals surface area contributed by atoms with Crippen LogP contribution in [0.2, 0.25) is 0 Å². The smallest absolute Gasteiger partial charge is 0.410 e. The summed E-state index contributed by atoms with van der Waals surface area (Å²) in [6.45, 7) is 21.3. The monoisotopic (exact) mass is 837 g/mol. The number of benzene rings is 1. The Morgan fingerprint density at radius 1 is 0.917 bits per heavy atom. The van der Waals surface area contributed by atoms with Crippen molar-refractivity contribution in [1.29, 1.82) is 0 Å². The molecule has 0 radical (unpaired) electrons. The lowest BCUT2D eigenvalue weighted by molar-refractivity contribution is -0.291. The number of rotatable bonds is 13. The fraction of sp³-hybridized carbons (Fsp3) is 0.644. The van der Waals surface area contributed by atoms with E-state index in [9.17, 15) is 24.0 Å². The highest BCUT2D eigenvalue weighted by molar-refractivity contribution is 5.97. The van der Waals surface area contributed by atoms with E-state index in [1.807, 2.05) is 25.7 Å². The maximum absolute atomic E-state index is 12.4. The normalized spacial score (nSPS) is 24.2. The molecule has 1 aromatic rings. The zero-order valence-corrected chi connectivity index (χ0v) is 36.9. The zero-order chi connectivity index (χ0) is 43.9. The Hall–Kier alpha value is -4.76. The highest BCUT2D eigenvalue weighted by Crippen LogP contribution is 2.41. The fourth-order valence-corrected chi connectivity index (χ4v) is 8.18. The van der Waals surface area contributed by atoms with Crippen LogP contribution in [0.3, 0.4) is 0 Å². The van der Waals surface area contributed by atoms with E-state index in [1.54, 1.807) is 0 Å². The molecule has 15 nitrogen and oxygen atoms in total. The van der Waals surface area contributed by atoms with Gasteiger partial charge in [-0.25, -0.2) is 9.79 Å². The average Bonchev–Trinajstić information content (AvgIpc) is 3.52. The average molecular weight is 838 g/mol. The predicted octanol–water partition coefficient (Wildman–Crippen LogP) is 5.74. The van der Waals surface area contributed by atoms with Crippen molar-refractivity contribution >= 4 is 41.9 Å². The standard InChI is InChI=1S/C45H63N3O12/c1-27(2)36-23-46-41(59-42-40(57-32(7)52)39(56-31(6)51)38(55-30(5)50)37(58-42)24-54-29(4)49)35(36)22-34-15-14-33(21-28(34)3)13-11-12-18-47-19-16-45(17-20-47)25-48(26-45)43(53)60-44(8,9)10/h11,13-15,21,27,37-40,42H,12,16-20,22-26H2,1-10H3/b13-11+/t37-,38-,39+,40-,42+/m1/s1. The molecule has 0 saturated carbocycles. The number of nitrogens with zero attached hydrogens (tertiary/aromatic N) is 3. The van der Waals surface area contributed by atoms with E-state index in [0.717, 1.165) is 79.8 Å². The van der Waals surface area contributed by atoms with Crippen LogP contribution in [0.4, 0.5) is 4.79 Å². The molecule has 5 rings (SSSR count). The van der Waals surface area contributed by atoms with Gasteiger partial charge in [0.05, 0.1) is 6.54 Å². The maximum Gasteiger partial charge on any atom is 0.410 e. The fourth-order valence-electron chi connectivity index (χ4n) is 8.18. The quantitative estimate of drug-likeness (QED) is 0.174. The van der Waals surface area contributed by atoms with Gasteiger partial charge >= 0.3 is 30.0 Å². The van der Waals surface area contributed by atoms with Crippen molar-refractivity contribution in [3.05, 3.63) is 52.1 Å². The third-order valence-electron chi connectivity index (χ3n) is 11.2.